The van der Waals surface area contributed by atoms with Gasteiger partial charge in [-0.15, -0.1) is 24.0 Å². The van der Waals surface area contributed by atoms with E-state index in [2.05, 4.69) is 27.8 Å². The summed E-state index contributed by atoms with van der Waals surface area (Å²) in [6.07, 6.45) is 0. The highest BCUT2D eigenvalue weighted by Crippen LogP contribution is 2.03. The van der Waals surface area contributed by atoms with E-state index in [0.717, 1.165) is 24.6 Å². The van der Waals surface area contributed by atoms with Crippen LogP contribution in [0.2, 0.25) is 0 Å². The molecule has 0 saturated carbocycles. The number of amides is 1. The van der Waals surface area contributed by atoms with Crippen molar-refractivity contribution in [2.45, 2.75) is 20.0 Å². The van der Waals surface area contributed by atoms with Gasteiger partial charge in [-0.3, -0.25) is 4.79 Å². The molecule has 0 spiro atoms. The summed E-state index contributed by atoms with van der Waals surface area (Å²) >= 11 is 0. The average Bonchev–Trinajstić information content (AvgIpc) is 2.65. The highest BCUT2D eigenvalue weighted by atomic mass is 127. The van der Waals surface area contributed by atoms with Crippen LogP contribution in [0.25, 0.3) is 0 Å². The first-order valence-corrected chi connectivity index (χ1v) is 8.53. The lowest BCUT2D eigenvalue weighted by Crippen LogP contribution is -2.39. The zero-order valence-corrected chi connectivity index (χ0v) is 17.6. The molecule has 0 aliphatic carbocycles. The Morgan fingerprint density at radius 1 is 0.962 bits per heavy atom. The molecule has 2 aromatic rings. The standard InChI is InChI=1S/C20H26N4O.HI/c1-3-21-20(24(2)16-18-12-8-5-9-13-18)23-15-19(25)22-14-17-10-6-4-7-11-17;/h4-13H,3,14-16H2,1-2H3,(H,21,23)(H,22,25);1H. The van der Waals surface area contributed by atoms with Crippen LogP contribution in [0, 0.1) is 0 Å². The van der Waals surface area contributed by atoms with Crippen molar-refractivity contribution < 1.29 is 4.79 Å². The van der Waals surface area contributed by atoms with Gasteiger partial charge in [0.15, 0.2) is 5.96 Å². The third-order valence-electron chi connectivity index (χ3n) is 3.66. The van der Waals surface area contributed by atoms with Crippen LogP contribution in [0.3, 0.4) is 0 Å². The topological polar surface area (TPSA) is 56.7 Å². The van der Waals surface area contributed by atoms with Gasteiger partial charge in [-0.1, -0.05) is 60.7 Å². The number of aliphatic imine (C=N–C) groups is 1. The van der Waals surface area contributed by atoms with E-state index in [-0.39, 0.29) is 36.4 Å². The second-order valence-electron chi connectivity index (χ2n) is 5.77. The first-order valence-electron chi connectivity index (χ1n) is 8.53. The molecule has 2 aromatic carbocycles. The summed E-state index contributed by atoms with van der Waals surface area (Å²) in [7, 11) is 1.97. The Balaban J connectivity index is 0.00000338. The number of hydrogen-bond donors (Lipinski definition) is 2. The van der Waals surface area contributed by atoms with Crippen molar-refractivity contribution in [3.05, 3.63) is 71.8 Å². The third-order valence-corrected chi connectivity index (χ3v) is 3.66. The predicted octanol–water partition coefficient (Wildman–Crippen LogP) is 3.02. The minimum absolute atomic E-state index is 0. The second kappa shape index (κ2) is 12.3. The molecular formula is C20H27IN4O. The Bertz CT molecular complexity index is 677. The maximum Gasteiger partial charge on any atom is 0.242 e. The van der Waals surface area contributed by atoms with Gasteiger partial charge >= 0.3 is 0 Å². The van der Waals surface area contributed by atoms with Crippen molar-refractivity contribution >= 4 is 35.8 Å². The molecule has 0 radical (unpaired) electrons. The maximum atomic E-state index is 12.0. The Labute approximate surface area is 172 Å². The van der Waals surface area contributed by atoms with E-state index in [9.17, 15) is 4.79 Å². The van der Waals surface area contributed by atoms with Crippen LogP contribution < -0.4 is 10.6 Å². The molecule has 140 valence electrons. The van der Waals surface area contributed by atoms with Crippen LogP contribution in [0.4, 0.5) is 0 Å². The molecular weight excluding hydrogens is 439 g/mol. The van der Waals surface area contributed by atoms with E-state index in [1.807, 2.05) is 67.4 Å². The van der Waals surface area contributed by atoms with Gasteiger partial charge in [0.1, 0.15) is 6.54 Å². The van der Waals surface area contributed by atoms with Crippen molar-refractivity contribution in [2.24, 2.45) is 4.99 Å². The molecule has 0 aliphatic rings. The summed E-state index contributed by atoms with van der Waals surface area (Å²) in [5.74, 6) is 0.633. The van der Waals surface area contributed by atoms with Gasteiger partial charge in [0, 0.05) is 26.7 Å². The minimum atomic E-state index is -0.0904. The number of carbonyl (C=O) groups excluding carboxylic acids is 1. The fraction of sp³-hybridized carbons (Fsp3) is 0.300. The Morgan fingerprint density at radius 2 is 1.54 bits per heavy atom. The molecule has 0 bridgehead atoms. The monoisotopic (exact) mass is 466 g/mol. The van der Waals surface area contributed by atoms with Crippen molar-refractivity contribution in [1.29, 1.82) is 0 Å². The molecule has 0 aromatic heterocycles. The van der Waals surface area contributed by atoms with Crippen LogP contribution in [0.1, 0.15) is 18.1 Å². The number of nitrogens with one attached hydrogen (secondary N) is 2. The van der Waals surface area contributed by atoms with E-state index in [4.69, 9.17) is 0 Å². The van der Waals surface area contributed by atoms with Gasteiger partial charge in [0.05, 0.1) is 0 Å². The Hall–Kier alpha value is -2.09. The lowest BCUT2D eigenvalue weighted by Gasteiger charge is -2.22. The van der Waals surface area contributed by atoms with E-state index < -0.39 is 0 Å². The van der Waals surface area contributed by atoms with Crippen molar-refractivity contribution in [3.8, 4) is 0 Å². The van der Waals surface area contributed by atoms with Crippen molar-refractivity contribution in [2.75, 3.05) is 20.1 Å². The maximum absolute atomic E-state index is 12.0. The molecule has 0 fully saturated rings. The highest BCUT2D eigenvalue weighted by Gasteiger charge is 2.08. The molecule has 0 atom stereocenters. The summed E-state index contributed by atoms with van der Waals surface area (Å²) in [5, 5.41) is 6.12. The van der Waals surface area contributed by atoms with Gasteiger partial charge in [-0.05, 0) is 18.1 Å². The lowest BCUT2D eigenvalue weighted by atomic mass is 10.2. The SMILES string of the molecule is CCNC(=NCC(=O)NCc1ccccc1)N(C)Cc1ccccc1.I. The van der Waals surface area contributed by atoms with E-state index in [1.54, 1.807) is 0 Å². The average molecular weight is 466 g/mol. The van der Waals surface area contributed by atoms with Crippen molar-refractivity contribution in [1.82, 2.24) is 15.5 Å². The highest BCUT2D eigenvalue weighted by molar-refractivity contribution is 14.0. The number of carbonyl (C=O) groups is 1. The number of rotatable bonds is 7. The predicted molar refractivity (Wildman–Crippen MR) is 118 cm³/mol. The largest absolute Gasteiger partial charge is 0.357 e. The Kier molecular flexibility index (Phi) is 10.4. The van der Waals surface area contributed by atoms with E-state index in [0.29, 0.717) is 6.54 Å². The molecule has 1 amide bonds. The molecule has 6 heteroatoms. The van der Waals surface area contributed by atoms with E-state index in [1.165, 1.54) is 5.56 Å². The number of halogens is 1. The minimum Gasteiger partial charge on any atom is -0.357 e. The molecule has 0 aliphatic heterocycles. The first-order chi connectivity index (χ1) is 12.2. The number of hydrogen-bond acceptors (Lipinski definition) is 2. The third kappa shape index (κ3) is 7.86. The molecule has 2 N–H and O–H groups in total. The summed E-state index contributed by atoms with van der Waals surface area (Å²) < 4.78 is 0. The molecule has 26 heavy (non-hydrogen) atoms. The number of nitrogens with zero attached hydrogens (tertiary/aromatic N) is 2. The van der Waals surface area contributed by atoms with Gasteiger partial charge in [-0.25, -0.2) is 4.99 Å². The molecule has 5 nitrogen and oxygen atoms in total. The first kappa shape index (κ1) is 22.0. The molecule has 2 rings (SSSR count). The Morgan fingerprint density at radius 3 is 2.12 bits per heavy atom. The number of benzene rings is 2. The zero-order valence-electron chi connectivity index (χ0n) is 15.3. The zero-order chi connectivity index (χ0) is 17.9. The van der Waals surface area contributed by atoms with Crippen molar-refractivity contribution in [3.63, 3.8) is 0 Å². The second-order valence-corrected chi connectivity index (χ2v) is 5.77. The number of guanidine groups is 1. The smallest absolute Gasteiger partial charge is 0.242 e. The molecule has 0 saturated heterocycles. The van der Waals surface area contributed by atoms with E-state index >= 15 is 0 Å². The summed E-state index contributed by atoms with van der Waals surface area (Å²) in [6, 6.07) is 20.0. The quantitative estimate of drug-likeness (QED) is 0.375. The van der Waals surface area contributed by atoms with Gasteiger partial charge in [-0.2, -0.15) is 0 Å². The fourth-order valence-electron chi connectivity index (χ4n) is 2.40. The van der Waals surface area contributed by atoms with Gasteiger partial charge < -0.3 is 15.5 Å². The van der Waals surface area contributed by atoms with Crippen LogP contribution >= 0.6 is 24.0 Å². The normalized spacial score (nSPS) is 10.6. The van der Waals surface area contributed by atoms with Gasteiger partial charge in [0.25, 0.3) is 0 Å². The molecule has 0 unspecified atom stereocenters. The summed E-state index contributed by atoms with van der Waals surface area (Å²) in [4.78, 5) is 18.5. The van der Waals surface area contributed by atoms with Crippen LogP contribution in [-0.2, 0) is 17.9 Å². The summed E-state index contributed by atoms with van der Waals surface area (Å²) in [6.45, 7) is 4.13. The summed E-state index contributed by atoms with van der Waals surface area (Å²) in [5.41, 5.74) is 2.28. The van der Waals surface area contributed by atoms with Gasteiger partial charge in [0.2, 0.25) is 5.91 Å². The lowest BCUT2D eigenvalue weighted by molar-refractivity contribution is -0.119. The van der Waals surface area contributed by atoms with Crippen LogP contribution in [0.15, 0.2) is 65.7 Å². The van der Waals surface area contributed by atoms with Crippen LogP contribution in [0.5, 0.6) is 0 Å². The fourth-order valence-corrected chi connectivity index (χ4v) is 2.40. The van der Waals surface area contributed by atoms with Crippen LogP contribution in [-0.4, -0.2) is 36.9 Å². The molecule has 0 heterocycles.